The molecule has 1 aliphatic rings. The maximum Gasteiger partial charge on any atom is 0.311 e. The number of aliphatic carboxylic acids is 1. The number of amides is 1. The number of carboxylic acids is 1. The highest BCUT2D eigenvalue weighted by Gasteiger charge is 2.42. The summed E-state index contributed by atoms with van der Waals surface area (Å²) in [5.41, 5.74) is -0.444. The number of aryl methyl sites for hydroxylation is 1. The van der Waals surface area contributed by atoms with Crippen molar-refractivity contribution in [2.75, 3.05) is 13.1 Å². The average Bonchev–Trinajstić information content (AvgIpc) is 2.85. The van der Waals surface area contributed by atoms with Crippen molar-refractivity contribution in [1.29, 1.82) is 0 Å². The van der Waals surface area contributed by atoms with Gasteiger partial charge >= 0.3 is 5.97 Å². The Morgan fingerprint density at radius 2 is 2.29 bits per heavy atom. The van der Waals surface area contributed by atoms with E-state index in [1.54, 1.807) is 13.8 Å². The third-order valence-electron chi connectivity index (χ3n) is 3.26. The summed E-state index contributed by atoms with van der Waals surface area (Å²) in [6.07, 6.45) is 1.84. The Balaban J connectivity index is 2.15. The molecule has 92 valence electrons. The fourth-order valence-corrected chi connectivity index (χ4v) is 1.98. The Kier molecular flexibility index (Phi) is 2.65. The zero-order chi connectivity index (χ0) is 12.6. The van der Waals surface area contributed by atoms with E-state index >= 15 is 0 Å². The van der Waals surface area contributed by atoms with Gasteiger partial charge in [-0.15, -0.1) is 0 Å². The highest BCUT2D eigenvalue weighted by Crippen LogP contribution is 2.31. The lowest BCUT2D eigenvalue weighted by atomic mass is 9.90. The van der Waals surface area contributed by atoms with Gasteiger partial charge in [0.25, 0.3) is 5.91 Å². The number of rotatable bonds is 2. The zero-order valence-electron chi connectivity index (χ0n) is 9.77. The number of carboxylic acid groups (broad SMARTS) is 1. The lowest BCUT2D eigenvalue weighted by Crippen LogP contribution is -2.34. The third-order valence-corrected chi connectivity index (χ3v) is 3.26. The van der Waals surface area contributed by atoms with Crippen molar-refractivity contribution in [2.45, 2.75) is 20.3 Å². The Hall–Kier alpha value is -1.85. The van der Waals surface area contributed by atoms with Gasteiger partial charge in [0.2, 0.25) is 0 Å². The molecule has 1 unspecified atom stereocenters. The van der Waals surface area contributed by atoms with Crippen molar-refractivity contribution in [1.82, 2.24) is 10.1 Å². The van der Waals surface area contributed by atoms with Gasteiger partial charge in [-0.05, 0) is 20.3 Å². The first kappa shape index (κ1) is 11.6. The summed E-state index contributed by atoms with van der Waals surface area (Å²) in [7, 11) is 0. The van der Waals surface area contributed by atoms with Crippen LogP contribution in [0.25, 0.3) is 0 Å². The highest BCUT2D eigenvalue weighted by molar-refractivity contribution is 5.95. The molecule has 1 aromatic rings. The highest BCUT2D eigenvalue weighted by atomic mass is 16.5. The first-order chi connectivity index (χ1) is 7.94. The van der Waals surface area contributed by atoms with Crippen molar-refractivity contribution in [3.05, 3.63) is 17.5 Å². The van der Waals surface area contributed by atoms with Crippen LogP contribution in [-0.2, 0) is 4.79 Å². The Morgan fingerprint density at radius 3 is 2.76 bits per heavy atom. The molecule has 1 aliphatic heterocycles. The first-order valence-electron chi connectivity index (χ1n) is 5.38. The number of carbonyl (C=O) groups is 2. The van der Waals surface area contributed by atoms with E-state index in [4.69, 9.17) is 9.63 Å². The maximum atomic E-state index is 12.1. The minimum atomic E-state index is -0.866. The van der Waals surface area contributed by atoms with E-state index in [1.807, 2.05) is 0 Å². The molecule has 0 spiro atoms. The molecular formula is C11H14N2O4. The monoisotopic (exact) mass is 238 g/mol. The summed E-state index contributed by atoms with van der Waals surface area (Å²) < 4.78 is 4.83. The van der Waals surface area contributed by atoms with Crippen LogP contribution in [0.5, 0.6) is 0 Å². The van der Waals surface area contributed by atoms with Crippen LogP contribution < -0.4 is 0 Å². The number of hydrogen-bond acceptors (Lipinski definition) is 4. The molecule has 2 heterocycles. The molecular weight excluding hydrogens is 224 g/mol. The van der Waals surface area contributed by atoms with E-state index in [0.29, 0.717) is 24.3 Å². The van der Waals surface area contributed by atoms with Gasteiger partial charge in [0.15, 0.2) is 0 Å². The van der Waals surface area contributed by atoms with E-state index in [1.165, 1.54) is 11.1 Å². The van der Waals surface area contributed by atoms with Gasteiger partial charge in [0.05, 0.1) is 11.6 Å². The molecule has 1 saturated heterocycles. The van der Waals surface area contributed by atoms with Crippen LogP contribution in [0.3, 0.4) is 0 Å². The van der Waals surface area contributed by atoms with Crippen LogP contribution in [0.1, 0.15) is 29.5 Å². The molecule has 6 heteroatoms. The summed E-state index contributed by atoms with van der Waals surface area (Å²) in [6, 6.07) is 0. The van der Waals surface area contributed by atoms with Crippen molar-refractivity contribution < 1.29 is 19.2 Å². The minimum absolute atomic E-state index is 0.214. The summed E-state index contributed by atoms with van der Waals surface area (Å²) in [6.45, 7) is 3.99. The molecule has 6 nitrogen and oxygen atoms in total. The number of aromatic nitrogens is 1. The molecule has 0 aliphatic carbocycles. The van der Waals surface area contributed by atoms with E-state index < -0.39 is 11.4 Å². The van der Waals surface area contributed by atoms with Crippen molar-refractivity contribution >= 4 is 11.9 Å². The molecule has 0 saturated carbocycles. The maximum absolute atomic E-state index is 12.1. The van der Waals surface area contributed by atoms with Crippen LogP contribution in [0.15, 0.2) is 10.7 Å². The topological polar surface area (TPSA) is 83.6 Å². The van der Waals surface area contributed by atoms with Crippen molar-refractivity contribution in [3.63, 3.8) is 0 Å². The summed E-state index contributed by atoms with van der Waals surface area (Å²) in [5.74, 6) is -0.623. The van der Waals surface area contributed by atoms with Gasteiger partial charge in [-0.2, -0.15) is 0 Å². The van der Waals surface area contributed by atoms with Crippen LogP contribution >= 0.6 is 0 Å². The smallest absolute Gasteiger partial charge is 0.311 e. The molecule has 1 atom stereocenters. The molecule has 17 heavy (non-hydrogen) atoms. The molecule has 0 aromatic carbocycles. The number of likely N-dealkylation sites (tertiary alicyclic amines) is 1. The Morgan fingerprint density at radius 1 is 1.59 bits per heavy atom. The molecule has 1 N–H and O–H groups in total. The summed E-state index contributed by atoms with van der Waals surface area (Å²) in [4.78, 5) is 24.7. The summed E-state index contributed by atoms with van der Waals surface area (Å²) >= 11 is 0. The Labute approximate surface area is 98.2 Å². The number of nitrogens with zero attached hydrogens (tertiary/aromatic N) is 2. The van der Waals surface area contributed by atoms with Gasteiger partial charge in [-0.25, -0.2) is 0 Å². The van der Waals surface area contributed by atoms with Crippen LogP contribution in [0.2, 0.25) is 0 Å². The second kappa shape index (κ2) is 3.87. The first-order valence-corrected chi connectivity index (χ1v) is 5.38. The van der Waals surface area contributed by atoms with Crippen LogP contribution in [0, 0.1) is 12.3 Å². The molecule has 0 bridgehead atoms. The largest absolute Gasteiger partial charge is 0.481 e. The lowest BCUT2D eigenvalue weighted by molar-refractivity contribution is -0.147. The standard InChI is InChI=1S/C11H14N2O4/c1-7-8(5-12-17-7)9(14)13-4-3-11(2,6-13)10(15)16/h5H,3-4,6H2,1-2H3,(H,15,16). The number of carbonyl (C=O) groups excluding carboxylic acids is 1. The molecule has 1 aromatic heterocycles. The van der Waals surface area contributed by atoms with Gasteiger partial charge in [-0.1, -0.05) is 5.16 Å². The number of hydrogen-bond donors (Lipinski definition) is 1. The fraction of sp³-hybridized carbons (Fsp3) is 0.545. The second-order valence-electron chi connectivity index (χ2n) is 4.64. The lowest BCUT2D eigenvalue weighted by Gasteiger charge is -2.19. The van der Waals surface area contributed by atoms with E-state index in [2.05, 4.69) is 5.16 Å². The van der Waals surface area contributed by atoms with E-state index in [-0.39, 0.29) is 12.5 Å². The third kappa shape index (κ3) is 1.90. The fourth-order valence-electron chi connectivity index (χ4n) is 1.98. The quantitative estimate of drug-likeness (QED) is 0.828. The molecule has 1 fully saturated rings. The molecule has 1 amide bonds. The van der Waals surface area contributed by atoms with E-state index in [0.717, 1.165) is 0 Å². The average molecular weight is 238 g/mol. The van der Waals surface area contributed by atoms with Gasteiger partial charge in [-0.3, -0.25) is 9.59 Å². The SMILES string of the molecule is Cc1oncc1C(=O)N1CCC(C)(C(=O)O)C1. The summed E-state index contributed by atoms with van der Waals surface area (Å²) in [5, 5.41) is 12.6. The second-order valence-corrected chi connectivity index (χ2v) is 4.64. The molecule has 0 radical (unpaired) electrons. The minimum Gasteiger partial charge on any atom is -0.481 e. The van der Waals surface area contributed by atoms with Crippen LogP contribution in [0.4, 0.5) is 0 Å². The van der Waals surface area contributed by atoms with Crippen LogP contribution in [-0.4, -0.2) is 40.1 Å². The predicted octanol–water partition coefficient (Wildman–Crippen LogP) is 0.920. The van der Waals surface area contributed by atoms with Gasteiger partial charge in [0, 0.05) is 13.1 Å². The predicted molar refractivity (Wildman–Crippen MR) is 57.5 cm³/mol. The normalized spacial score (nSPS) is 24.0. The zero-order valence-corrected chi connectivity index (χ0v) is 9.77. The van der Waals surface area contributed by atoms with Crippen molar-refractivity contribution in [3.8, 4) is 0 Å². The van der Waals surface area contributed by atoms with Crippen molar-refractivity contribution in [2.24, 2.45) is 5.41 Å². The Bertz CT molecular complexity index is 468. The van der Waals surface area contributed by atoms with Gasteiger partial charge < -0.3 is 14.5 Å². The van der Waals surface area contributed by atoms with Gasteiger partial charge in [0.1, 0.15) is 11.3 Å². The van der Waals surface area contributed by atoms with E-state index in [9.17, 15) is 9.59 Å². The molecule has 2 rings (SSSR count).